The van der Waals surface area contributed by atoms with Crippen LogP contribution in [0, 0.1) is 5.92 Å². The second kappa shape index (κ2) is 9.41. The Labute approximate surface area is 178 Å². The molecule has 0 spiro atoms. The van der Waals surface area contributed by atoms with E-state index in [-0.39, 0.29) is 17.7 Å². The van der Waals surface area contributed by atoms with Crippen LogP contribution in [0.2, 0.25) is 15.1 Å². The van der Waals surface area contributed by atoms with Crippen LogP contribution in [0.4, 0.5) is 0 Å². The molecule has 28 heavy (non-hydrogen) atoms. The number of rotatable bonds is 4. The molecule has 5 nitrogen and oxygen atoms in total. The summed E-state index contributed by atoms with van der Waals surface area (Å²) < 4.78 is 0. The predicted octanol–water partition coefficient (Wildman–Crippen LogP) is 4.65. The third-order valence-electron chi connectivity index (χ3n) is 4.55. The van der Waals surface area contributed by atoms with Crippen molar-refractivity contribution in [1.29, 1.82) is 0 Å². The van der Waals surface area contributed by atoms with Crippen LogP contribution in [0.25, 0.3) is 0 Å². The molecular formula is C20H18Cl3N3O2. The second-order valence-electron chi connectivity index (χ2n) is 6.48. The number of likely N-dealkylation sites (tertiary alicyclic amines) is 1. The molecule has 0 atom stereocenters. The summed E-state index contributed by atoms with van der Waals surface area (Å²) in [5, 5.41) is 5.40. The van der Waals surface area contributed by atoms with Crippen molar-refractivity contribution in [3.8, 4) is 0 Å². The molecule has 8 heteroatoms. The van der Waals surface area contributed by atoms with E-state index in [4.69, 9.17) is 34.8 Å². The number of hydrogen-bond donors (Lipinski definition) is 1. The maximum absolute atomic E-state index is 12.6. The zero-order valence-electron chi connectivity index (χ0n) is 14.9. The zero-order chi connectivity index (χ0) is 20.1. The summed E-state index contributed by atoms with van der Waals surface area (Å²) in [5.41, 5.74) is 3.78. The molecule has 3 rings (SSSR count). The summed E-state index contributed by atoms with van der Waals surface area (Å²) in [6.45, 7) is 0.960. The third-order valence-corrected chi connectivity index (χ3v) is 5.33. The normalized spacial score (nSPS) is 15.0. The number of hydrazone groups is 1. The van der Waals surface area contributed by atoms with Crippen LogP contribution in [0.5, 0.6) is 0 Å². The second-order valence-corrected chi connectivity index (χ2v) is 7.76. The van der Waals surface area contributed by atoms with E-state index in [1.807, 2.05) is 12.1 Å². The van der Waals surface area contributed by atoms with Crippen LogP contribution in [-0.4, -0.2) is 36.0 Å². The molecule has 1 aliphatic rings. The van der Waals surface area contributed by atoms with Gasteiger partial charge in [-0.1, -0.05) is 46.9 Å². The van der Waals surface area contributed by atoms with Gasteiger partial charge < -0.3 is 4.90 Å². The van der Waals surface area contributed by atoms with E-state index in [0.29, 0.717) is 46.6 Å². The topological polar surface area (TPSA) is 61.8 Å². The maximum atomic E-state index is 12.6. The van der Waals surface area contributed by atoms with Gasteiger partial charge in [-0.05, 0) is 48.7 Å². The molecule has 0 aliphatic carbocycles. The van der Waals surface area contributed by atoms with Gasteiger partial charge in [-0.3, -0.25) is 9.59 Å². The zero-order valence-corrected chi connectivity index (χ0v) is 17.1. The largest absolute Gasteiger partial charge is 0.339 e. The molecule has 2 amide bonds. The van der Waals surface area contributed by atoms with Crippen molar-refractivity contribution in [2.75, 3.05) is 13.1 Å². The fourth-order valence-corrected chi connectivity index (χ4v) is 3.71. The summed E-state index contributed by atoms with van der Waals surface area (Å²) >= 11 is 17.9. The van der Waals surface area contributed by atoms with Crippen molar-refractivity contribution < 1.29 is 9.59 Å². The van der Waals surface area contributed by atoms with Gasteiger partial charge >= 0.3 is 0 Å². The minimum atomic E-state index is -0.193. The Bertz CT molecular complexity index is 909. The highest BCUT2D eigenvalue weighted by Gasteiger charge is 2.28. The van der Waals surface area contributed by atoms with E-state index in [1.54, 1.807) is 41.4 Å². The number of carbonyl (C=O) groups excluding carboxylic acids is 2. The van der Waals surface area contributed by atoms with Gasteiger partial charge in [-0.25, -0.2) is 5.43 Å². The van der Waals surface area contributed by atoms with Crippen LogP contribution in [0.1, 0.15) is 28.8 Å². The lowest BCUT2D eigenvalue weighted by Gasteiger charge is -2.31. The lowest BCUT2D eigenvalue weighted by molar-refractivity contribution is -0.126. The number of amides is 2. The highest BCUT2D eigenvalue weighted by molar-refractivity contribution is 6.36. The van der Waals surface area contributed by atoms with Crippen LogP contribution >= 0.6 is 34.8 Å². The Morgan fingerprint density at radius 3 is 2.43 bits per heavy atom. The minimum Gasteiger partial charge on any atom is -0.339 e. The first-order chi connectivity index (χ1) is 13.4. The van der Waals surface area contributed by atoms with Gasteiger partial charge in [0, 0.05) is 29.1 Å². The van der Waals surface area contributed by atoms with E-state index < -0.39 is 0 Å². The lowest BCUT2D eigenvalue weighted by Crippen LogP contribution is -2.42. The molecule has 0 unspecified atom stereocenters. The summed E-state index contributed by atoms with van der Waals surface area (Å²) in [7, 11) is 0. The third kappa shape index (κ3) is 5.25. The van der Waals surface area contributed by atoms with E-state index in [1.165, 1.54) is 0 Å². The van der Waals surface area contributed by atoms with Crippen LogP contribution in [-0.2, 0) is 4.79 Å². The van der Waals surface area contributed by atoms with Crippen molar-refractivity contribution in [1.82, 2.24) is 10.3 Å². The number of nitrogens with one attached hydrogen (secondary N) is 1. The van der Waals surface area contributed by atoms with Gasteiger partial charge in [0.15, 0.2) is 0 Å². The molecule has 0 bridgehead atoms. The number of benzene rings is 2. The molecule has 0 aromatic heterocycles. The molecule has 1 N–H and O–H groups in total. The van der Waals surface area contributed by atoms with Gasteiger partial charge in [0.05, 0.1) is 16.8 Å². The SMILES string of the molecule is O=C(N/N=C\c1cccc(Cl)c1)C1CCN(C(=O)c2ccc(Cl)cc2Cl)CC1. The Kier molecular flexibility index (Phi) is 6.94. The van der Waals surface area contributed by atoms with Gasteiger partial charge in [0.2, 0.25) is 5.91 Å². The van der Waals surface area contributed by atoms with Gasteiger partial charge in [-0.2, -0.15) is 5.10 Å². The van der Waals surface area contributed by atoms with Crippen LogP contribution in [0.15, 0.2) is 47.6 Å². The molecule has 2 aromatic rings. The number of carbonyl (C=O) groups is 2. The molecule has 0 saturated carbocycles. The van der Waals surface area contributed by atoms with E-state index in [2.05, 4.69) is 10.5 Å². The van der Waals surface area contributed by atoms with Crippen molar-refractivity contribution in [3.63, 3.8) is 0 Å². The average Bonchev–Trinajstić information content (AvgIpc) is 2.67. The molecule has 146 valence electrons. The molecule has 0 radical (unpaired) electrons. The Morgan fingerprint density at radius 1 is 1.04 bits per heavy atom. The van der Waals surface area contributed by atoms with Crippen LogP contribution < -0.4 is 5.43 Å². The Morgan fingerprint density at radius 2 is 1.75 bits per heavy atom. The van der Waals surface area contributed by atoms with E-state index in [0.717, 1.165) is 5.56 Å². The summed E-state index contributed by atoms with van der Waals surface area (Å²) in [6.07, 6.45) is 2.68. The molecule has 1 heterocycles. The van der Waals surface area contributed by atoms with Gasteiger partial charge in [0.25, 0.3) is 5.91 Å². The van der Waals surface area contributed by atoms with Crippen molar-refractivity contribution in [2.45, 2.75) is 12.8 Å². The molecule has 2 aromatic carbocycles. The highest BCUT2D eigenvalue weighted by atomic mass is 35.5. The van der Waals surface area contributed by atoms with E-state index in [9.17, 15) is 9.59 Å². The van der Waals surface area contributed by atoms with E-state index >= 15 is 0 Å². The summed E-state index contributed by atoms with van der Waals surface area (Å²) in [6, 6.07) is 12.0. The Hall–Kier alpha value is -2.08. The Balaban J connectivity index is 1.51. The monoisotopic (exact) mass is 437 g/mol. The van der Waals surface area contributed by atoms with Gasteiger partial charge in [0.1, 0.15) is 0 Å². The lowest BCUT2D eigenvalue weighted by atomic mass is 9.95. The maximum Gasteiger partial charge on any atom is 0.255 e. The standard InChI is InChI=1S/C20H18Cl3N3O2/c21-15-3-1-2-13(10-15)12-24-25-19(27)14-6-8-26(9-7-14)20(28)17-5-4-16(22)11-18(17)23/h1-5,10-12,14H,6-9H2,(H,25,27)/b24-12-. The first-order valence-corrected chi connectivity index (χ1v) is 9.90. The molecule has 1 fully saturated rings. The first kappa shape index (κ1) is 20.6. The van der Waals surface area contributed by atoms with Gasteiger partial charge in [-0.15, -0.1) is 0 Å². The molecule has 1 aliphatic heterocycles. The fourth-order valence-electron chi connectivity index (χ4n) is 3.03. The minimum absolute atomic E-state index is 0.153. The number of piperidine rings is 1. The van der Waals surface area contributed by atoms with Crippen LogP contribution in [0.3, 0.4) is 0 Å². The van der Waals surface area contributed by atoms with Crippen molar-refractivity contribution in [2.24, 2.45) is 11.0 Å². The summed E-state index contributed by atoms with van der Waals surface area (Å²) in [4.78, 5) is 26.6. The smallest absolute Gasteiger partial charge is 0.255 e. The number of nitrogens with zero attached hydrogens (tertiary/aromatic N) is 2. The quantitative estimate of drug-likeness (QED) is 0.558. The molecule has 1 saturated heterocycles. The number of hydrogen-bond acceptors (Lipinski definition) is 3. The first-order valence-electron chi connectivity index (χ1n) is 8.77. The average molecular weight is 439 g/mol. The fraction of sp³-hybridized carbons (Fsp3) is 0.250. The summed E-state index contributed by atoms with van der Waals surface area (Å²) in [5.74, 6) is -0.504. The number of halogens is 3. The highest BCUT2D eigenvalue weighted by Crippen LogP contribution is 2.25. The predicted molar refractivity (Wildman–Crippen MR) is 112 cm³/mol. The van der Waals surface area contributed by atoms with Crippen molar-refractivity contribution in [3.05, 3.63) is 68.7 Å². The van der Waals surface area contributed by atoms with Crippen molar-refractivity contribution >= 4 is 52.8 Å². The molecular weight excluding hydrogens is 421 g/mol.